The average Bonchev–Trinajstić information content (AvgIpc) is 2.68. The highest BCUT2D eigenvalue weighted by Gasteiger charge is 2.51. The van der Waals surface area contributed by atoms with E-state index in [4.69, 9.17) is 12.2 Å². The lowest BCUT2D eigenvalue weighted by atomic mass is 9.49. The Bertz CT molecular complexity index is 548. The van der Waals surface area contributed by atoms with E-state index < -0.39 is 0 Å². The van der Waals surface area contributed by atoms with E-state index in [0.29, 0.717) is 11.3 Å². The Labute approximate surface area is 132 Å². The largest absolute Gasteiger partial charge is 0.304 e. The second kappa shape index (κ2) is 4.94. The fraction of sp³-hybridized carbons (Fsp3) is 0.882. The van der Waals surface area contributed by atoms with Crippen LogP contribution in [0.5, 0.6) is 0 Å². The molecule has 0 saturated heterocycles. The summed E-state index contributed by atoms with van der Waals surface area (Å²) in [6.07, 6.45) is 10.0. The van der Waals surface area contributed by atoms with Crippen molar-refractivity contribution >= 4 is 12.2 Å². The van der Waals surface area contributed by atoms with Crippen LogP contribution < -0.4 is 0 Å². The van der Waals surface area contributed by atoms with Crippen molar-refractivity contribution in [2.75, 3.05) is 0 Å². The lowest BCUT2D eigenvalue weighted by Gasteiger charge is -2.56. The Hall–Kier alpha value is -0.640. The van der Waals surface area contributed by atoms with Gasteiger partial charge < -0.3 is 4.57 Å². The molecule has 1 aromatic heterocycles. The number of aromatic amines is 1. The third kappa shape index (κ3) is 2.49. The van der Waals surface area contributed by atoms with E-state index >= 15 is 0 Å². The molecule has 4 bridgehead atoms. The van der Waals surface area contributed by atoms with Crippen LogP contribution in [0.4, 0.5) is 0 Å². The molecular weight excluding hydrogens is 278 g/mol. The van der Waals surface area contributed by atoms with Gasteiger partial charge >= 0.3 is 0 Å². The van der Waals surface area contributed by atoms with Gasteiger partial charge in [0.25, 0.3) is 0 Å². The molecule has 0 amide bonds. The number of hydrogen-bond donors (Lipinski definition) is 1. The highest BCUT2D eigenvalue weighted by Crippen LogP contribution is 2.60. The maximum absolute atomic E-state index is 5.45. The summed E-state index contributed by atoms with van der Waals surface area (Å²) in [6.45, 7) is 5.50. The first-order valence-electron chi connectivity index (χ1n) is 8.67. The highest BCUT2D eigenvalue weighted by atomic mass is 32.1. The average molecular weight is 305 g/mol. The van der Waals surface area contributed by atoms with Gasteiger partial charge in [-0.15, -0.1) is 0 Å². The fourth-order valence-corrected chi connectivity index (χ4v) is 6.11. The normalized spacial score (nSPS) is 37.6. The smallest absolute Gasteiger partial charge is 0.195 e. The van der Waals surface area contributed by atoms with Crippen molar-refractivity contribution < 1.29 is 0 Å². The number of nitrogens with zero attached hydrogens (tertiary/aromatic N) is 2. The minimum atomic E-state index is 0.546. The molecule has 3 nitrogen and oxygen atoms in total. The first-order valence-corrected chi connectivity index (χ1v) is 9.08. The Kier molecular flexibility index (Phi) is 3.29. The summed E-state index contributed by atoms with van der Waals surface area (Å²) in [5.74, 6) is 4.87. The van der Waals surface area contributed by atoms with Crippen LogP contribution in [0, 0.1) is 33.9 Å². The van der Waals surface area contributed by atoms with E-state index in [9.17, 15) is 0 Å². The summed E-state index contributed by atoms with van der Waals surface area (Å²) >= 11 is 5.45. The summed E-state index contributed by atoms with van der Waals surface area (Å²) in [7, 11) is 0. The minimum absolute atomic E-state index is 0.546. The van der Waals surface area contributed by atoms with E-state index in [1.54, 1.807) is 0 Å². The van der Waals surface area contributed by atoms with Crippen molar-refractivity contribution in [2.45, 2.75) is 65.3 Å². The molecule has 4 aliphatic carbocycles. The van der Waals surface area contributed by atoms with Crippen molar-refractivity contribution in [3.63, 3.8) is 0 Å². The van der Waals surface area contributed by atoms with Gasteiger partial charge in [0.05, 0.1) is 0 Å². The van der Waals surface area contributed by atoms with Gasteiger partial charge in [-0.25, -0.2) is 0 Å². The second-order valence-corrected chi connectivity index (χ2v) is 8.93. The van der Waals surface area contributed by atoms with Crippen molar-refractivity contribution in [3.05, 3.63) is 10.6 Å². The van der Waals surface area contributed by atoms with Crippen LogP contribution in [0.2, 0.25) is 0 Å². The predicted octanol–water partition coefficient (Wildman–Crippen LogP) is 4.36. The van der Waals surface area contributed by atoms with E-state index in [1.807, 2.05) is 0 Å². The number of rotatable bonds is 4. The maximum atomic E-state index is 5.45. The van der Waals surface area contributed by atoms with E-state index in [0.717, 1.165) is 35.5 Å². The molecular formula is C17H27N3S. The molecule has 4 aliphatic rings. The van der Waals surface area contributed by atoms with Crippen molar-refractivity contribution in [2.24, 2.45) is 29.1 Å². The van der Waals surface area contributed by atoms with Gasteiger partial charge in [-0.2, -0.15) is 5.10 Å². The van der Waals surface area contributed by atoms with Crippen LogP contribution in [0.1, 0.15) is 58.2 Å². The van der Waals surface area contributed by atoms with Crippen LogP contribution in [0.15, 0.2) is 0 Å². The lowest BCUT2D eigenvalue weighted by molar-refractivity contribution is -0.0536. The molecule has 4 saturated carbocycles. The van der Waals surface area contributed by atoms with E-state index in [1.165, 1.54) is 44.3 Å². The standard InChI is InChI=1S/C17H27N3S/c1-11(2)10-20-15(18-19-16(20)21)9-17-6-12-3-13(7-17)5-14(4-12)8-17/h11-14H,3-10H2,1-2H3,(H,19,21). The zero-order chi connectivity index (χ0) is 14.6. The van der Waals surface area contributed by atoms with E-state index in [-0.39, 0.29) is 0 Å². The Morgan fingerprint density at radius 2 is 1.76 bits per heavy atom. The molecule has 0 aliphatic heterocycles. The van der Waals surface area contributed by atoms with Gasteiger partial charge in [-0.05, 0) is 79.8 Å². The molecule has 4 heteroatoms. The molecule has 1 heterocycles. The van der Waals surface area contributed by atoms with Crippen LogP contribution in [-0.2, 0) is 13.0 Å². The molecule has 4 fully saturated rings. The molecule has 0 radical (unpaired) electrons. The molecule has 5 rings (SSSR count). The monoisotopic (exact) mass is 305 g/mol. The molecule has 0 atom stereocenters. The quantitative estimate of drug-likeness (QED) is 0.839. The van der Waals surface area contributed by atoms with Gasteiger partial charge in [0.2, 0.25) is 0 Å². The Morgan fingerprint density at radius 1 is 1.19 bits per heavy atom. The van der Waals surface area contributed by atoms with Gasteiger partial charge in [0.1, 0.15) is 5.82 Å². The van der Waals surface area contributed by atoms with Crippen LogP contribution >= 0.6 is 12.2 Å². The highest BCUT2D eigenvalue weighted by molar-refractivity contribution is 7.71. The SMILES string of the molecule is CC(C)Cn1c(CC23CC4CC(CC(C4)C2)C3)n[nH]c1=S. The summed E-state index contributed by atoms with van der Waals surface area (Å²) < 4.78 is 3.07. The van der Waals surface area contributed by atoms with Crippen molar-refractivity contribution in [1.29, 1.82) is 0 Å². The summed E-state index contributed by atoms with van der Waals surface area (Å²) in [4.78, 5) is 0. The number of nitrogens with one attached hydrogen (secondary N) is 1. The zero-order valence-corrected chi connectivity index (χ0v) is 14.1. The van der Waals surface area contributed by atoms with E-state index in [2.05, 4.69) is 28.6 Å². The van der Waals surface area contributed by atoms with Crippen LogP contribution in [0.25, 0.3) is 0 Å². The predicted molar refractivity (Wildman–Crippen MR) is 86.6 cm³/mol. The van der Waals surface area contributed by atoms with Gasteiger partial charge in [-0.1, -0.05) is 13.8 Å². The third-order valence-electron chi connectivity index (χ3n) is 6.08. The first-order chi connectivity index (χ1) is 10.0. The molecule has 0 unspecified atom stereocenters. The number of hydrogen-bond acceptors (Lipinski definition) is 2. The number of aromatic nitrogens is 3. The molecule has 1 aromatic rings. The van der Waals surface area contributed by atoms with Crippen molar-refractivity contribution in [1.82, 2.24) is 14.8 Å². The molecule has 1 N–H and O–H groups in total. The minimum Gasteiger partial charge on any atom is -0.304 e. The summed E-state index contributed by atoms with van der Waals surface area (Å²) in [5, 5.41) is 7.63. The van der Waals surface area contributed by atoms with Gasteiger partial charge in [0, 0.05) is 13.0 Å². The van der Waals surface area contributed by atoms with Crippen molar-refractivity contribution in [3.8, 4) is 0 Å². The molecule has 21 heavy (non-hydrogen) atoms. The van der Waals surface area contributed by atoms with Crippen LogP contribution in [0.3, 0.4) is 0 Å². The Morgan fingerprint density at radius 3 is 2.29 bits per heavy atom. The Balaban J connectivity index is 1.60. The molecule has 116 valence electrons. The zero-order valence-electron chi connectivity index (χ0n) is 13.3. The lowest BCUT2D eigenvalue weighted by Crippen LogP contribution is -2.47. The summed E-state index contributed by atoms with van der Waals surface area (Å²) in [5.41, 5.74) is 0.546. The molecule has 0 spiro atoms. The second-order valence-electron chi connectivity index (χ2n) is 8.54. The first kappa shape index (κ1) is 14.0. The fourth-order valence-electron chi connectivity index (χ4n) is 5.88. The third-order valence-corrected chi connectivity index (χ3v) is 6.39. The summed E-state index contributed by atoms with van der Waals surface area (Å²) in [6, 6.07) is 0. The molecule has 0 aromatic carbocycles. The van der Waals surface area contributed by atoms with Gasteiger partial charge in [-0.3, -0.25) is 5.10 Å². The maximum Gasteiger partial charge on any atom is 0.195 e. The van der Waals surface area contributed by atoms with Gasteiger partial charge in [0.15, 0.2) is 4.77 Å². The van der Waals surface area contributed by atoms with Crippen LogP contribution in [-0.4, -0.2) is 14.8 Å². The topological polar surface area (TPSA) is 33.6 Å². The number of H-pyrrole nitrogens is 1.